The Balaban J connectivity index is 2.03. The van der Waals surface area contributed by atoms with Crippen molar-refractivity contribution in [1.82, 2.24) is 10.6 Å². The van der Waals surface area contributed by atoms with Crippen molar-refractivity contribution in [2.45, 2.75) is 12.5 Å². The Hall–Kier alpha value is -0.500. The number of rotatable bonds is 0. The van der Waals surface area contributed by atoms with E-state index in [9.17, 15) is 0 Å². The molecular weight excluding hydrogens is 112 g/mol. The third kappa shape index (κ3) is 0.833. The van der Waals surface area contributed by atoms with E-state index < -0.39 is 0 Å². The summed E-state index contributed by atoms with van der Waals surface area (Å²) >= 11 is 0. The van der Waals surface area contributed by atoms with Crippen molar-refractivity contribution in [3.05, 3.63) is 12.3 Å². The quantitative estimate of drug-likeness (QED) is 0.469. The van der Waals surface area contributed by atoms with Crippen LogP contribution in [0.3, 0.4) is 0 Å². The Labute approximate surface area is 55.3 Å². The predicted octanol–water partition coefficient (Wildman–Crippen LogP) is -0.115. The summed E-state index contributed by atoms with van der Waals surface area (Å²) in [5.41, 5.74) is 0. The summed E-state index contributed by atoms with van der Waals surface area (Å²) < 4.78 is 0. The molecule has 2 nitrogen and oxygen atoms in total. The van der Waals surface area contributed by atoms with Crippen LogP contribution in [0.25, 0.3) is 0 Å². The molecule has 2 atom stereocenters. The number of piperidine rings is 1. The fourth-order valence-electron chi connectivity index (χ4n) is 1.50. The SMILES string of the molecule is [C]1=CC2CNCCC2N1. The Morgan fingerprint density at radius 1 is 1.56 bits per heavy atom. The molecule has 0 bridgehead atoms. The maximum atomic E-state index is 3.34. The van der Waals surface area contributed by atoms with Crippen molar-refractivity contribution in [3.63, 3.8) is 0 Å². The fraction of sp³-hybridized carbons (Fsp3) is 0.714. The van der Waals surface area contributed by atoms with Crippen LogP contribution >= 0.6 is 0 Å². The summed E-state index contributed by atoms with van der Waals surface area (Å²) in [6, 6.07) is 0.686. The second-order valence-corrected chi connectivity index (χ2v) is 2.72. The number of fused-ring (bicyclic) bond motifs is 1. The van der Waals surface area contributed by atoms with Gasteiger partial charge in [-0.25, -0.2) is 0 Å². The van der Waals surface area contributed by atoms with Crippen LogP contribution in [0, 0.1) is 12.1 Å². The third-order valence-corrected chi connectivity index (χ3v) is 2.10. The first-order valence-electron chi connectivity index (χ1n) is 3.52. The molecule has 0 saturated carbocycles. The minimum absolute atomic E-state index is 0.686. The second kappa shape index (κ2) is 2.03. The minimum Gasteiger partial charge on any atom is -0.380 e. The maximum Gasteiger partial charge on any atom is 0.0538 e. The van der Waals surface area contributed by atoms with Crippen LogP contribution in [0.4, 0.5) is 0 Å². The van der Waals surface area contributed by atoms with E-state index in [1.807, 2.05) is 0 Å². The van der Waals surface area contributed by atoms with Crippen LogP contribution in [0.1, 0.15) is 6.42 Å². The highest BCUT2D eigenvalue weighted by molar-refractivity contribution is 5.01. The van der Waals surface area contributed by atoms with E-state index in [1.165, 1.54) is 6.42 Å². The van der Waals surface area contributed by atoms with E-state index in [-0.39, 0.29) is 0 Å². The topological polar surface area (TPSA) is 24.1 Å². The lowest BCUT2D eigenvalue weighted by molar-refractivity contribution is 0.368. The molecule has 0 aromatic carbocycles. The Bertz CT molecular complexity index is 131. The van der Waals surface area contributed by atoms with Gasteiger partial charge in [-0.2, -0.15) is 0 Å². The van der Waals surface area contributed by atoms with E-state index in [0.29, 0.717) is 12.0 Å². The lowest BCUT2D eigenvalue weighted by atomic mass is 9.96. The van der Waals surface area contributed by atoms with E-state index in [0.717, 1.165) is 13.1 Å². The first-order chi connectivity index (χ1) is 4.47. The summed E-state index contributed by atoms with van der Waals surface area (Å²) in [5.74, 6) is 0.707. The lowest BCUT2D eigenvalue weighted by Crippen LogP contribution is -2.41. The van der Waals surface area contributed by atoms with Crippen LogP contribution in [0.15, 0.2) is 6.08 Å². The molecule has 1 radical (unpaired) electrons. The Morgan fingerprint density at radius 2 is 2.56 bits per heavy atom. The van der Waals surface area contributed by atoms with Gasteiger partial charge in [-0.1, -0.05) is 6.08 Å². The highest BCUT2D eigenvalue weighted by Gasteiger charge is 2.24. The van der Waals surface area contributed by atoms with Gasteiger partial charge in [-0.15, -0.1) is 0 Å². The number of hydrogen-bond acceptors (Lipinski definition) is 2. The van der Waals surface area contributed by atoms with Gasteiger partial charge in [0, 0.05) is 18.5 Å². The zero-order valence-corrected chi connectivity index (χ0v) is 5.35. The maximum absolute atomic E-state index is 3.34. The van der Waals surface area contributed by atoms with E-state index >= 15 is 0 Å². The first-order valence-corrected chi connectivity index (χ1v) is 3.52. The third-order valence-electron chi connectivity index (χ3n) is 2.10. The van der Waals surface area contributed by atoms with Gasteiger partial charge in [-0.3, -0.25) is 0 Å². The second-order valence-electron chi connectivity index (χ2n) is 2.72. The van der Waals surface area contributed by atoms with Crippen LogP contribution in [-0.4, -0.2) is 19.1 Å². The van der Waals surface area contributed by atoms with Crippen LogP contribution in [0.2, 0.25) is 0 Å². The largest absolute Gasteiger partial charge is 0.380 e. The summed E-state index contributed by atoms with van der Waals surface area (Å²) in [4.78, 5) is 0. The van der Waals surface area contributed by atoms with E-state index in [2.05, 4.69) is 22.9 Å². The van der Waals surface area contributed by atoms with Crippen molar-refractivity contribution in [2.75, 3.05) is 13.1 Å². The molecule has 2 N–H and O–H groups in total. The molecule has 2 heteroatoms. The van der Waals surface area contributed by atoms with Crippen LogP contribution < -0.4 is 10.6 Å². The van der Waals surface area contributed by atoms with Gasteiger partial charge in [0.15, 0.2) is 0 Å². The predicted molar refractivity (Wildman–Crippen MR) is 35.7 cm³/mol. The molecule has 9 heavy (non-hydrogen) atoms. The Morgan fingerprint density at radius 3 is 3.44 bits per heavy atom. The summed E-state index contributed by atoms with van der Waals surface area (Å²) in [7, 11) is 0. The van der Waals surface area contributed by atoms with Crippen LogP contribution in [0.5, 0.6) is 0 Å². The molecule has 0 aliphatic carbocycles. The van der Waals surface area contributed by atoms with E-state index in [1.54, 1.807) is 0 Å². The molecule has 1 saturated heterocycles. The average molecular weight is 123 g/mol. The lowest BCUT2D eigenvalue weighted by Gasteiger charge is -2.25. The number of nitrogens with one attached hydrogen (secondary N) is 2. The van der Waals surface area contributed by atoms with Crippen molar-refractivity contribution in [2.24, 2.45) is 5.92 Å². The van der Waals surface area contributed by atoms with Gasteiger partial charge in [0.05, 0.1) is 6.20 Å². The molecule has 0 aromatic heterocycles. The molecular formula is C7H11N2. The van der Waals surface area contributed by atoms with Gasteiger partial charge in [-0.05, 0) is 13.0 Å². The van der Waals surface area contributed by atoms with Crippen molar-refractivity contribution < 1.29 is 0 Å². The molecule has 2 heterocycles. The molecule has 2 aliphatic heterocycles. The van der Waals surface area contributed by atoms with Gasteiger partial charge in [0.1, 0.15) is 0 Å². The van der Waals surface area contributed by atoms with Crippen molar-refractivity contribution >= 4 is 0 Å². The monoisotopic (exact) mass is 123 g/mol. The van der Waals surface area contributed by atoms with Crippen LogP contribution in [-0.2, 0) is 0 Å². The molecule has 0 amide bonds. The summed E-state index contributed by atoms with van der Waals surface area (Å²) in [6.07, 6.45) is 6.43. The van der Waals surface area contributed by atoms with E-state index in [4.69, 9.17) is 0 Å². The zero-order valence-electron chi connectivity index (χ0n) is 5.35. The molecule has 2 aliphatic rings. The molecule has 0 aromatic rings. The standard InChI is InChI=1S/C7H11N2/c1-4-9-7-2-3-8-5-6(1)7/h1,6-9H,2-3,5H2. The van der Waals surface area contributed by atoms with Gasteiger partial charge >= 0.3 is 0 Å². The highest BCUT2D eigenvalue weighted by atomic mass is 15.0. The summed E-state index contributed by atoms with van der Waals surface area (Å²) in [5, 5.41) is 6.56. The fourth-order valence-corrected chi connectivity index (χ4v) is 1.50. The summed E-state index contributed by atoms with van der Waals surface area (Å²) in [6.45, 7) is 2.29. The number of hydrogen-bond donors (Lipinski definition) is 2. The highest BCUT2D eigenvalue weighted by Crippen LogP contribution is 2.16. The molecule has 0 spiro atoms. The minimum atomic E-state index is 0.686. The Kier molecular flexibility index (Phi) is 1.19. The normalized spacial score (nSPS) is 40.0. The van der Waals surface area contributed by atoms with Gasteiger partial charge in [0.25, 0.3) is 0 Å². The smallest absolute Gasteiger partial charge is 0.0538 e. The van der Waals surface area contributed by atoms with Gasteiger partial charge in [0.2, 0.25) is 0 Å². The van der Waals surface area contributed by atoms with Crippen molar-refractivity contribution in [3.8, 4) is 0 Å². The molecule has 2 rings (SSSR count). The van der Waals surface area contributed by atoms with Crippen molar-refractivity contribution in [1.29, 1.82) is 0 Å². The molecule has 49 valence electrons. The molecule has 1 fully saturated rings. The van der Waals surface area contributed by atoms with Gasteiger partial charge < -0.3 is 10.6 Å². The average Bonchev–Trinajstić information content (AvgIpc) is 2.33. The first kappa shape index (κ1) is 5.30. The molecule has 2 unspecified atom stereocenters. The zero-order chi connectivity index (χ0) is 6.10.